The molecule has 0 spiro atoms. The quantitative estimate of drug-likeness (QED) is 0.724. The molecule has 1 heterocycles. The number of hydrogen-bond acceptors (Lipinski definition) is 5. The van der Waals surface area contributed by atoms with Crippen LogP contribution in [0.1, 0.15) is 10.5 Å². The van der Waals surface area contributed by atoms with E-state index in [2.05, 4.69) is 15.0 Å². The highest BCUT2D eigenvalue weighted by Gasteiger charge is 2.12. The number of benzene rings is 1. The van der Waals surface area contributed by atoms with Gasteiger partial charge in [-0.2, -0.15) is 0 Å². The zero-order chi connectivity index (χ0) is 15.5. The minimum absolute atomic E-state index is 0.00355. The van der Waals surface area contributed by atoms with Gasteiger partial charge in [-0.25, -0.2) is 18.1 Å². The van der Waals surface area contributed by atoms with Crippen molar-refractivity contribution in [1.29, 1.82) is 0 Å². The van der Waals surface area contributed by atoms with E-state index < -0.39 is 15.9 Å². The second kappa shape index (κ2) is 6.06. The normalized spacial score (nSPS) is 11.5. The van der Waals surface area contributed by atoms with Gasteiger partial charge in [0.05, 0.1) is 5.75 Å². The summed E-state index contributed by atoms with van der Waals surface area (Å²) in [5, 5.41) is 4.08. The Bertz CT molecular complexity index is 774. The molecule has 4 N–H and O–H groups in total. The Morgan fingerprint density at radius 2 is 2.05 bits per heavy atom. The summed E-state index contributed by atoms with van der Waals surface area (Å²) in [6.07, 6.45) is 0. The summed E-state index contributed by atoms with van der Waals surface area (Å²) in [4.78, 5) is 16.0. The zero-order valence-corrected chi connectivity index (χ0v) is 12.3. The highest BCUT2D eigenvalue weighted by molar-refractivity contribution is 7.89. The molecule has 112 valence electrons. The first-order valence-electron chi connectivity index (χ1n) is 6.27. The first kappa shape index (κ1) is 15.2. The molecule has 0 aliphatic heterocycles. The third-order valence-corrected chi connectivity index (χ3v) is 4.33. The van der Waals surface area contributed by atoms with Crippen LogP contribution in [0, 0.1) is 0 Å². The Morgan fingerprint density at radius 3 is 2.76 bits per heavy atom. The van der Waals surface area contributed by atoms with E-state index in [1.165, 1.54) is 7.05 Å². The van der Waals surface area contributed by atoms with Crippen LogP contribution in [0.25, 0.3) is 10.8 Å². The van der Waals surface area contributed by atoms with E-state index in [4.69, 9.17) is 5.73 Å². The number of amides is 1. The largest absolute Gasteiger partial charge is 0.383 e. The number of fused-ring (bicyclic) bond motifs is 1. The van der Waals surface area contributed by atoms with Crippen molar-refractivity contribution in [1.82, 2.24) is 15.0 Å². The smallest absolute Gasteiger partial charge is 0.270 e. The summed E-state index contributed by atoms with van der Waals surface area (Å²) in [6.45, 7) is -0.00355. The number of anilines is 1. The molecule has 2 aromatic rings. The lowest BCUT2D eigenvalue weighted by molar-refractivity contribution is 0.0951. The fraction of sp³-hybridized carbons (Fsp3) is 0.231. The van der Waals surface area contributed by atoms with Crippen molar-refractivity contribution in [2.24, 2.45) is 0 Å². The highest BCUT2D eigenvalue weighted by atomic mass is 32.2. The molecule has 1 aromatic carbocycles. The van der Waals surface area contributed by atoms with Gasteiger partial charge < -0.3 is 11.1 Å². The van der Waals surface area contributed by atoms with Gasteiger partial charge in [0, 0.05) is 11.9 Å². The van der Waals surface area contributed by atoms with Crippen molar-refractivity contribution in [2.45, 2.75) is 0 Å². The van der Waals surface area contributed by atoms with Crippen molar-refractivity contribution < 1.29 is 13.2 Å². The molecule has 0 aliphatic carbocycles. The Morgan fingerprint density at radius 1 is 1.33 bits per heavy atom. The fourth-order valence-electron chi connectivity index (χ4n) is 1.83. The molecule has 0 unspecified atom stereocenters. The Kier molecular flexibility index (Phi) is 4.39. The first-order chi connectivity index (χ1) is 9.93. The van der Waals surface area contributed by atoms with Crippen molar-refractivity contribution in [3.63, 3.8) is 0 Å². The summed E-state index contributed by atoms with van der Waals surface area (Å²) in [5.41, 5.74) is 5.98. The molecule has 8 heteroatoms. The van der Waals surface area contributed by atoms with Crippen LogP contribution in [0.3, 0.4) is 0 Å². The number of pyridine rings is 1. The molecular weight excluding hydrogens is 292 g/mol. The van der Waals surface area contributed by atoms with Gasteiger partial charge in [-0.15, -0.1) is 0 Å². The molecule has 2 rings (SSSR count). The number of nitrogen functional groups attached to an aromatic ring is 1. The van der Waals surface area contributed by atoms with E-state index in [9.17, 15) is 13.2 Å². The number of sulfonamides is 1. The summed E-state index contributed by atoms with van der Waals surface area (Å²) >= 11 is 0. The Labute approximate surface area is 122 Å². The van der Waals surface area contributed by atoms with Crippen LogP contribution in [0.4, 0.5) is 5.82 Å². The van der Waals surface area contributed by atoms with Gasteiger partial charge in [-0.1, -0.05) is 24.3 Å². The fourth-order valence-corrected chi connectivity index (χ4v) is 2.41. The Balaban J connectivity index is 2.13. The molecule has 0 saturated carbocycles. The number of nitrogens with zero attached hydrogens (tertiary/aromatic N) is 1. The van der Waals surface area contributed by atoms with Crippen LogP contribution in [-0.4, -0.2) is 38.7 Å². The molecule has 21 heavy (non-hydrogen) atoms. The topological polar surface area (TPSA) is 114 Å². The second-order valence-corrected chi connectivity index (χ2v) is 6.44. The lowest BCUT2D eigenvalue weighted by Crippen LogP contribution is -2.33. The lowest BCUT2D eigenvalue weighted by atomic mass is 10.1. The van der Waals surface area contributed by atoms with Crippen molar-refractivity contribution in [3.8, 4) is 0 Å². The third-order valence-electron chi connectivity index (χ3n) is 2.97. The number of nitrogens with two attached hydrogens (primary N) is 1. The molecule has 0 bridgehead atoms. The lowest BCUT2D eigenvalue weighted by Gasteiger charge is -2.07. The summed E-state index contributed by atoms with van der Waals surface area (Å²) in [5.74, 6) is -0.391. The SMILES string of the molecule is CNS(=O)(=O)CCNC(=O)c1cc2ccccc2c(N)n1. The number of carbonyl (C=O) groups is 1. The monoisotopic (exact) mass is 308 g/mol. The predicted molar refractivity (Wildman–Crippen MR) is 81.3 cm³/mol. The molecule has 0 saturated heterocycles. The van der Waals surface area contributed by atoms with E-state index in [1.54, 1.807) is 6.07 Å². The predicted octanol–water partition coefficient (Wildman–Crippen LogP) is 0.0960. The van der Waals surface area contributed by atoms with Crippen LogP contribution >= 0.6 is 0 Å². The maximum absolute atomic E-state index is 12.0. The molecule has 0 fully saturated rings. The highest BCUT2D eigenvalue weighted by Crippen LogP contribution is 2.19. The van der Waals surface area contributed by atoms with Gasteiger partial charge in [0.25, 0.3) is 5.91 Å². The summed E-state index contributed by atoms with van der Waals surface area (Å²) in [6, 6.07) is 8.94. The van der Waals surface area contributed by atoms with E-state index in [-0.39, 0.29) is 23.8 Å². The average molecular weight is 308 g/mol. The standard InChI is InChI=1S/C13H16N4O3S/c1-15-21(19,20)7-6-16-13(18)11-8-9-4-2-3-5-10(9)12(14)17-11/h2-5,8,15H,6-7H2,1H3,(H2,14,17)(H,16,18). The van der Waals surface area contributed by atoms with Gasteiger partial charge in [0.1, 0.15) is 11.5 Å². The number of hydrogen-bond donors (Lipinski definition) is 3. The van der Waals surface area contributed by atoms with Gasteiger partial charge in [0.15, 0.2) is 0 Å². The van der Waals surface area contributed by atoms with E-state index >= 15 is 0 Å². The van der Waals surface area contributed by atoms with Gasteiger partial charge in [-0.3, -0.25) is 4.79 Å². The number of carbonyl (C=O) groups excluding carboxylic acids is 1. The Hall–Kier alpha value is -2.19. The van der Waals surface area contributed by atoms with Crippen LogP contribution in [0.15, 0.2) is 30.3 Å². The van der Waals surface area contributed by atoms with Crippen LogP contribution < -0.4 is 15.8 Å². The molecule has 1 aromatic heterocycles. The van der Waals surface area contributed by atoms with Crippen molar-refractivity contribution >= 4 is 32.5 Å². The van der Waals surface area contributed by atoms with Gasteiger partial charge in [0.2, 0.25) is 10.0 Å². The maximum Gasteiger partial charge on any atom is 0.270 e. The molecule has 1 amide bonds. The van der Waals surface area contributed by atoms with Gasteiger partial charge >= 0.3 is 0 Å². The number of aromatic nitrogens is 1. The summed E-state index contributed by atoms with van der Waals surface area (Å²) < 4.78 is 24.7. The van der Waals surface area contributed by atoms with E-state index in [0.29, 0.717) is 0 Å². The van der Waals surface area contributed by atoms with Crippen molar-refractivity contribution in [3.05, 3.63) is 36.0 Å². The number of nitrogens with one attached hydrogen (secondary N) is 2. The third kappa shape index (κ3) is 3.67. The van der Waals surface area contributed by atoms with Crippen LogP contribution in [0.2, 0.25) is 0 Å². The van der Waals surface area contributed by atoms with Crippen LogP contribution in [-0.2, 0) is 10.0 Å². The summed E-state index contributed by atoms with van der Waals surface area (Å²) in [7, 11) is -2.03. The van der Waals surface area contributed by atoms with Gasteiger partial charge in [-0.05, 0) is 18.5 Å². The molecule has 0 radical (unpaired) electrons. The molecule has 7 nitrogen and oxygen atoms in total. The first-order valence-corrected chi connectivity index (χ1v) is 7.93. The number of rotatable bonds is 5. The molecule has 0 aliphatic rings. The van der Waals surface area contributed by atoms with Crippen LogP contribution in [0.5, 0.6) is 0 Å². The second-order valence-electron chi connectivity index (χ2n) is 4.39. The average Bonchev–Trinajstić information content (AvgIpc) is 2.47. The maximum atomic E-state index is 12.0. The minimum atomic E-state index is -3.35. The van der Waals surface area contributed by atoms with Crippen molar-refractivity contribution in [2.75, 3.05) is 25.1 Å². The minimum Gasteiger partial charge on any atom is -0.383 e. The van der Waals surface area contributed by atoms with E-state index in [1.807, 2.05) is 24.3 Å². The molecule has 0 atom stereocenters. The van der Waals surface area contributed by atoms with E-state index in [0.717, 1.165) is 10.8 Å². The zero-order valence-electron chi connectivity index (χ0n) is 11.5. The molecular formula is C13H16N4O3S.